The van der Waals surface area contributed by atoms with Crippen molar-refractivity contribution in [3.63, 3.8) is 0 Å². The molecular formula is C22H22N2O2. The quantitative estimate of drug-likeness (QED) is 0.731. The Morgan fingerprint density at radius 2 is 1.81 bits per heavy atom. The summed E-state index contributed by atoms with van der Waals surface area (Å²) in [5.74, 6) is -0.160. The molecule has 132 valence electrons. The molecule has 0 saturated heterocycles. The Hall–Kier alpha value is -3.14. The zero-order valence-electron chi connectivity index (χ0n) is 14.8. The van der Waals surface area contributed by atoms with Crippen LogP contribution in [0.15, 0.2) is 71.5 Å². The molecule has 3 rings (SSSR count). The second-order valence-electron chi connectivity index (χ2n) is 6.16. The van der Waals surface area contributed by atoms with Crippen LogP contribution in [-0.2, 0) is 0 Å². The number of benzene rings is 2. The van der Waals surface area contributed by atoms with Gasteiger partial charge < -0.3 is 9.88 Å². The number of hydrogen-bond acceptors (Lipinski definition) is 2. The number of H-pyrrole nitrogens is 1. The fraction of sp³-hybridized carbons (Fsp3) is 0.182. The van der Waals surface area contributed by atoms with Gasteiger partial charge in [-0.05, 0) is 24.1 Å². The normalized spacial score (nSPS) is 11.1. The summed E-state index contributed by atoms with van der Waals surface area (Å²) in [4.78, 5) is 30.0. The molecule has 4 nitrogen and oxygen atoms in total. The number of nitrogens with one attached hydrogen (secondary N) is 1. The van der Waals surface area contributed by atoms with Crippen LogP contribution in [0.1, 0.15) is 29.4 Å². The molecule has 1 aromatic heterocycles. The number of aromatic nitrogens is 1. The number of carbonyl (C=O) groups excluding carboxylic acids is 1. The fourth-order valence-electron chi connectivity index (χ4n) is 2.91. The van der Waals surface area contributed by atoms with Crippen molar-refractivity contribution in [3.8, 4) is 0 Å². The highest BCUT2D eigenvalue weighted by Gasteiger charge is 2.16. The van der Waals surface area contributed by atoms with Gasteiger partial charge in [0.05, 0.1) is 0 Å². The zero-order chi connectivity index (χ0) is 18.4. The molecule has 0 aliphatic carbocycles. The van der Waals surface area contributed by atoms with E-state index in [2.05, 4.69) is 4.98 Å². The van der Waals surface area contributed by atoms with Crippen molar-refractivity contribution in [1.29, 1.82) is 0 Å². The minimum atomic E-state index is -0.160. The molecule has 0 spiro atoms. The predicted octanol–water partition coefficient (Wildman–Crippen LogP) is 4.09. The molecule has 0 aliphatic rings. The van der Waals surface area contributed by atoms with E-state index in [0.717, 1.165) is 12.0 Å². The molecule has 3 aromatic rings. The maximum absolute atomic E-state index is 12.9. The van der Waals surface area contributed by atoms with E-state index >= 15 is 0 Å². The van der Waals surface area contributed by atoms with Gasteiger partial charge >= 0.3 is 0 Å². The van der Waals surface area contributed by atoms with Gasteiger partial charge in [0.2, 0.25) is 0 Å². The Labute approximate surface area is 152 Å². The van der Waals surface area contributed by atoms with Gasteiger partial charge in [-0.2, -0.15) is 0 Å². The summed E-state index contributed by atoms with van der Waals surface area (Å²) in [6, 6.07) is 18.6. The second-order valence-corrected chi connectivity index (χ2v) is 6.16. The van der Waals surface area contributed by atoms with Crippen molar-refractivity contribution in [2.45, 2.75) is 13.3 Å². The predicted molar refractivity (Wildman–Crippen MR) is 106 cm³/mol. The maximum Gasteiger partial charge on any atom is 0.270 e. The largest absolute Gasteiger partial charge is 0.350 e. The molecule has 2 aromatic carbocycles. The Morgan fingerprint density at radius 3 is 2.58 bits per heavy atom. The number of para-hydroxylation sites is 1. The number of fused-ring (bicyclic) bond motifs is 1. The van der Waals surface area contributed by atoms with Crippen LogP contribution in [0.25, 0.3) is 17.0 Å². The molecule has 0 saturated carbocycles. The monoisotopic (exact) mass is 346 g/mol. The van der Waals surface area contributed by atoms with Crippen LogP contribution in [0.2, 0.25) is 0 Å². The number of amides is 1. The van der Waals surface area contributed by atoms with E-state index in [1.54, 1.807) is 11.0 Å². The lowest BCUT2D eigenvalue weighted by Crippen LogP contribution is -2.33. The van der Waals surface area contributed by atoms with Crippen molar-refractivity contribution in [3.05, 3.63) is 88.2 Å². The first kappa shape index (κ1) is 17.7. The molecule has 0 fully saturated rings. The van der Waals surface area contributed by atoms with Gasteiger partial charge in [0.25, 0.3) is 5.91 Å². The molecule has 1 heterocycles. The number of nitrogens with zero attached hydrogens (tertiary/aromatic N) is 1. The van der Waals surface area contributed by atoms with Crippen molar-refractivity contribution in [2.75, 3.05) is 13.1 Å². The third-order valence-corrected chi connectivity index (χ3v) is 4.18. The highest BCUT2D eigenvalue weighted by Crippen LogP contribution is 2.10. The number of rotatable bonds is 6. The summed E-state index contributed by atoms with van der Waals surface area (Å²) in [5.41, 5.74) is 1.96. The maximum atomic E-state index is 12.9. The first-order chi connectivity index (χ1) is 12.7. The molecule has 26 heavy (non-hydrogen) atoms. The summed E-state index contributed by atoms with van der Waals surface area (Å²) in [7, 11) is 0. The third-order valence-electron chi connectivity index (χ3n) is 4.18. The second kappa shape index (κ2) is 8.30. The molecule has 4 heteroatoms. The first-order valence-corrected chi connectivity index (χ1v) is 8.82. The minimum absolute atomic E-state index is 0.140. The van der Waals surface area contributed by atoms with Crippen LogP contribution in [0.5, 0.6) is 0 Å². The minimum Gasteiger partial charge on any atom is -0.350 e. The van der Waals surface area contributed by atoms with Crippen LogP contribution < -0.4 is 5.43 Å². The van der Waals surface area contributed by atoms with Crippen LogP contribution in [0.4, 0.5) is 0 Å². The molecule has 0 bridgehead atoms. The highest BCUT2D eigenvalue weighted by atomic mass is 16.2. The van der Waals surface area contributed by atoms with Gasteiger partial charge in [-0.25, -0.2) is 0 Å². The molecule has 1 amide bonds. The SMILES string of the molecule is CCCN(C/C=C/c1ccccc1)C(=O)c1cc(=O)c2ccccc2[nH]1. The zero-order valence-corrected chi connectivity index (χ0v) is 14.8. The average Bonchev–Trinajstić information content (AvgIpc) is 2.67. The van der Waals surface area contributed by atoms with E-state index < -0.39 is 0 Å². The van der Waals surface area contributed by atoms with E-state index in [0.29, 0.717) is 29.7 Å². The van der Waals surface area contributed by atoms with Crippen molar-refractivity contribution in [2.24, 2.45) is 0 Å². The number of aromatic amines is 1. The standard InChI is InChI=1S/C22H22N2O2/c1-2-14-24(15-8-11-17-9-4-3-5-10-17)22(26)20-16-21(25)18-12-6-7-13-19(18)23-20/h3-13,16H,2,14-15H2,1H3,(H,23,25)/b11-8+. The van der Waals surface area contributed by atoms with E-state index in [1.165, 1.54) is 6.07 Å². The summed E-state index contributed by atoms with van der Waals surface area (Å²) < 4.78 is 0. The van der Waals surface area contributed by atoms with E-state index in [4.69, 9.17) is 0 Å². The van der Waals surface area contributed by atoms with Gasteiger partial charge in [0.1, 0.15) is 5.69 Å². The van der Waals surface area contributed by atoms with Crippen LogP contribution in [-0.4, -0.2) is 28.9 Å². The van der Waals surface area contributed by atoms with Crippen molar-refractivity contribution < 1.29 is 4.79 Å². The van der Waals surface area contributed by atoms with Gasteiger partial charge in [-0.1, -0.05) is 61.5 Å². The molecule has 0 atom stereocenters. The topological polar surface area (TPSA) is 53.2 Å². The number of pyridine rings is 1. The molecular weight excluding hydrogens is 324 g/mol. The number of hydrogen-bond donors (Lipinski definition) is 1. The highest BCUT2D eigenvalue weighted by molar-refractivity contribution is 5.95. The van der Waals surface area contributed by atoms with Crippen molar-refractivity contribution in [1.82, 2.24) is 9.88 Å². The molecule has 0 unspecified atom stereocenters. The first-order valence-electron chi connectivity index (χ1n) is 8.82. The van der Waals surface area contributed by atoms with E-state index in [-0.39, 0.29) is 11.3 Å². The summed E-state index contributed by atoms with van der Waals surface area (Å²) in [6.07, 6.45) is 4.82. The molecule has 0 radical (unpaired) electrons. The van der Waals surface area contributed by atoms with Gasteiger partial charge in [-0.3, -0.25) is 9.59 Å². The Morgan fingerprint density at radius 1 is 1.08 bits per heavy atom. The van der Waals surface area contributed by atoms with Crippen LogP contribution in [0.3, 0.4) is 0 Å². The van der Waals surface area contributed by atoms with E-state index in [1.807, 2.05) is 67.6 Å². The summed E-state index contributed by atoms with van der Waals surface area (Å²) in [5, 5.41) is 0.593. The van der Waals surface area contributed by atoms with Crippen LogP contribution in [0, 0.1) is 0 Å². The lowest BCUT2D eigenvalue weighted by molar-refractivity contribution is 0.0768. The summed E-state index contributed by atoms with van der Waals surface area (Å²) in [6.45, 7) is 3.16. The Balaban J connectivity index is 1.82. The third kappa shape index (κ3) is 4.09. The average molecular weight is 346 g/mol. The smallest absolute Gasteiger partial charge is 0.270 e. The number of carbonyl (C=O) groups is 1. The summed E-state index contributed by atoms with van der Waals surface area (Å²) >= 11 is 0. The van der Waals surface area contributed by atoms with E-state index in [9.17, 15) is 9.59 Å². The Kier molecular flexibility index (Phi) is 5.64. The lowest BCUT2D eigenvalue weighted by atomic mass is 10.2. The van der Waals surface area contributed by atoms with Gasteiger partial charge in [0.15, 0.2) is 5.43 Å². The van der Waals surface area contributed by atoms with Crippen molar-refractivity contribution >= 4 is 22.9 Å². The molecule has 1 N–H and O–H groups in total. The van der Waals surface area contributed by atoms with Crippen LogP contribution >= 0.6 is 0 Å². The fourth-order valence-corrected chi connectivity index (χ4v) is 2.91. The van der Waals surface area contributed by atoms with Gasteiger partial charge in [0, 0.05) is 30.1 Å². The molecule has 0 aliphatic heterocycles. The van der Waals surface area contributed by atoms with Gasteiger partial charge in [-0.15, -0.1) is 0 Å². The lowest BCUT2D eigenvalue weighted by Gasteiger charge is -2.20. The Bertz CT molecular complexity index is 974.